The summed E-state index contributed by atoms with van der Waals surface area (Å²) in [5, 5.41) is 2.25. The molecule has 2 saturated heterocycles. The Morgan fingerprint density at radius 3 is 2.50 bits per heavy atom. The summed E-state index contributed by atoms with van der Waals surface area (Å²) in [6.07, 6.45) is -1.46. The SMILES string of the molecule is CCOCC12COC1C(OC(C)(C)C)C(N(C)C(=O)NC(C)=O)O2. The number of fused-ring (bicyclic) bond motifs is 1. The van der Waals surface area contributed by atoms with Crippen molar-refractivity contribution < 1.29 is 28.5 Å². The van der Waals surface area contributed by atoms with Crippen LogP contribution in [0.4, 0.5) is 4.79 Å². The normalized spacial score (nSPS) is 32.0. The molecule has 1 N–H and O–H groups in total. The number of nitrogens with zero attached hydrogens (tertiary/aromatic N) is 1. The third-order valence-corrected chi connectivity index (χ3v) is 3.99. The number of carbonyl (C=O) groups excluding carboxylic acids is 2. The van der Waals surface area contributed by atoms with Crippen molar-refractivity contribution in [3.05, 3.63) is 0 Å². The molecule has 24 heavy (non-hydrogen) atoms. The van der Waals surface area contributed by atoms with Crippen LogP contribution in [0.15, 0.2) is 0 Å². The van der Waals surface area contributed by atoms with Gasteiger partial charge < -0.3 is 18.9 Å². The average molecular weight is 344 g/mol. The number of amides is 3. The maximum Gasteiger partial charge on any atom is 0.325 e. The number of imide groups is 1. The second-order valence-electron chi connectivity index (χ2n) is 7.23. The summed E-state index contributed by atoms with van der Waals surface area (Å²) >= 11 is 0. The van der Waals surface area contributed by atoms with Crippen LogP contribution in [0.5, 0.6) is 0 Å². The average Bonchev–Trinajstić information content (AvgIpc) is 2.62. The van der Waals surface area contributed by atoms with Gasteiger partial charge in [0.2, 0.25) is 5.91 Å². The smallest absolute Gasteiger partial charge is 0.325 e. The zero-order chi connectivity index (χ0) is 18.1. The van der Waals surface area contributed by atoms with Gasteiger partial charge >= 0.3 is 6.03 Å². The molecular weight excluding hydrogens is 316 g/mol. The van der Waals surface area contributed by atoms with E-state index in [1.165, 1.54) is 11.8 Å². The van der Waals surface area contributed by atoms with E-state index in [-0.39, 0.29) is 6.10 Å². The summed E-state index contributed by atoms with van der Waals surface area (Å²) in [5.74, 6) is -0.429. The minimum atomic E-state index is -0.670. The van der Waals surface area contributed by atoms with Crippen molar-refractivity contribution in [3.63, 3.8) is 0 Å². The summed E-state index contributed by atoms with van der Waals surface area (Å²) < 4.78 is 23.5. The van der Waals surface area contributed by atoms with Crippen LogP contribution in [0.3, 0.4) is 0 Å². The maximum absolute atomic E-state index is 12.2. The van der Waals surface area contributed by atoms with Crippen LogP contribution in [0.25, 0.3) is 0 Å². The molecule has 0 aromatic carbocycles. The summed E-state index contributed by atoms with van der Waals surface area (Å²) in [5.41, 5.74) is -1.06. The van der Waals surface area contributed by atoms with Crippen molar-refractivity contribution in [2.45, 2.75) is 64.3 Å². The highest BCUT2D eigenvalue weighted by Crippen LogP contribution is 2.44. The Bertz CT molecular complexity index is 491. The third kappa shape index (κ3) is 3.88. The Morgan fingerprint density at radius 2 is 2.04 bits per heavy atom. The number of hydrogen-bond donors (Lipinski definition) is 1. The lowest BCUT2D eigenvalue weighted by Gasteiger charge is -2.44. The van der Waals surface area contributed by atoms with E-state index in [4.69, 9.17) is 18.9 Å². The number of rotatable bonds is 5. The van der Waals surface area contributed by atoms with Gasteiger partial charge in [-0.2, -0.15) is 0 Å². The predicted molar refractivity (Wildman–Crippen MR) is 85.4 cm³/mol. The van der Waals surface area contributed by atoms with Gasteiger partial charge in [-0.1, -0.05) is 0 Å². The molecule has 0 aromatic rings. The van der Waals surface area contributed by atoms with Gasteiger partial charge in [0.25, 0.3) is 0 Å². The van der Waals surface area contributed by atoms with E-state index >= 15 is 0 Å². The summed E-state index contributed by atoms with van der Waals surface area (Å²) in [4.78, 5) is 24.7. The molecular formula is C16H28N2O6. The summed E-state index contributed by atoms with van der Waals surface area (Å²) in [6, 6.07) is -0.539. The number of carbonyl (C=O) groups is 2. The molecule has 0 aromatic heterocycles. The molecule has 0 aliphatic carbocycles. The molecule has 4 atom stereocenters. The molecule has 0 bridgehead atoms. The van der Waals surface area contributed by atoms with Gasteiger partial charge in [-0.25, -0.2) is 4.79 Å². The number of ether oxygens (including phenoxy) is 4. The minimum absolute atomic E-state index is 0.319. The van der Waals surface area contributed by atoms with Gasteiger partial charge in [0, 0.05) is 20.6 Å². The molecule has 138 valence electrons. The minimum Gasteiger partial charge on any atom is -0.379 e. The van der Waals surface area contributed by atoms with E-state index < -0.39 is 35.5 Å². The zero-order valence-electron chi connectivity index (χ0n) is 15.3. The molecule has 0 spiro atoms. The van der Waals surface area contributed by atoms with Gasteiger partial charge in [-0.15, -0.1) is 0 Å². The molecule has 8 heteroatoms. The number of urea groups is 1. The van der Waals surface area contributed by atoms with Gasteiger partial charge in [0.05, 0.1) is 18.8 Å². The number of nitrogens with one attached hydrogen (secondary N) is 1. The van der Waals surface area contributed by atoms with E-state index in [0.717, 1.165) is 0 Å². The fraction of sp³-hybridized carbons (Fsp3) is 0.875. The first kappa shape index (κ1) is 19.1. The fourth-order valence-corrected chi connectivity index (χ4v) is 2.93. The van der Waals surface area contributed by atoms with Crippen LogP contribution in [0, 0.1) is 0 Å². The van der Waals surface area contributed by atoms with E-state index in [1.807, 2.05) is 27.7 Å². The molecule has 2 heterocycles. The Balaban J connectivity index is 2.19. The van der Waals surface area contributed by atoms with Gasteiger partial charge in [0.1, 0.15) is 17.8 Å². The van der Waals surface area contributed by atoms with Crippen LogP contribution in [0.1, 0.15) is 34.6 Å². The van der Waals surface area contributed by atoms with E-state index in [1.54, 1.807) is 7.05 Å². The largest absolute Gasteiger partial charge is 0.379 e. The molecule has 2 aliphatic rings. The molecule has 4 unspecified atom stereocenters. The van der Waals surface area contributed by atoms with Crippen molar-refractivity contribution in [1.82, 2.24) is 10.2 Å². The monoisotopic (exact) mass is 344 g/mol. The highest BCUT2D eigenvalue weighted by atomic mass is 16.7. The lowest BCUT2D eigenvalue weighted by Crippen LogP contribution is -2.62. The third-order valence-electron chi connectivity index (χ3n) is 3.99. The standard InChI is InChI=1S/C16H28N2O6/c1-7-21-8-16-9-22-12(16)11(23-15(3,4)5)13(24-16)18(6)14(20)17-10(2)19/h11-13H,7-9H2,1-6H3,(H,17,19,20). The van der Waals surface area contributed by atoms with Crippen LogP contribution < -0.4 is 5.32 Å². The van der Waals surface area contributed by atoms with Crippen molar-refractivity contribution in [2.75, 3.05) is 26.9 Å². The van der Waals surface area contributed by atoms with Crippen molar-refractivity contribution in [3.8, 4) is 0 Å². The van der Waals surface area contributed by atoms with E-state index in [9.17, 15) is 9.59 Å². The zero-order valence-corrected chi connectivity index (χ0v) is 15.3. The van der Waals surface area contributed by atoms with Crippen LogP contribution in [-0.4, -0.2) is 73.3 Å². The van der Waals surface area contributed by atoms with Gasteiger partial charge in [-0.3, -0.25) is 15.0 Å². The van der Waals surface area contributed by atoms with Crippen molar-refractivity contribution in [1.29, 1.82) is 0 Å². The molecule has 0 radical (unpaired) electrons. The maximum atomic E-state index is 12.2. The Hall–Kier alpha value is -1.22. The second kappa shape index (κ2) is 6.95. The summed E-state index contributed by atoms with van der Waals surface area (Å²) in [6.45, 7) is 10.3. The first-order valence-electron chi connectivity index (χ1n) is 8.19. The Labute approximate surface area is 142 Å². The lowest BCUT2D eigenvalue weighted by molar-refractivity contribution is -0.256. The van der Waals surface area contributed by atoms with E-state index in [2.05, 4.69) is 5.32 Å². The van der Waals surface area contributed by atoms with E-state index in [0.29, 0.717) is 19.8 Å². The lowest BCUT2D eigenvalue weighted by atomic mass is 9.91. The van der Waals surface area contributed by atoms with Gasteiger partial charge in [-0.05, 0) is 27.7 Å². The number of hydrogen-bond acceptors (Lipinski definition) is 6. The second-order valence-corrected chi connectivity index (χ2v) is 7.23. The van der Waals surface area contributed by atoms with Crippen LogP contribution in [0.2, 0.25) is 0 Å². The highest BCUT2D eigenvalue weighted by molar-refractivity contribution is 5.93. The topological polar surface area (TPSA) is 86.3 Å². The summed E-state index contributed by atoms with van der Waals surface area (Å²) in [7, 11) is 1.57. The quantitative estimate of drug-likeness (QED) is 0.797. The molecule has 8 nitrogen and oxygen atoms in total. The molecule has 3 amide bonds. The van der Waals surface area contributed by atoms with Crippen molar-refractivity contribution in [2.24, 2.45) is 0 Å². The van der Waals surface area contributed by atoms with Crippen LogP contribution >= 0.6 is 0 Å². The first-order valence-corrected chi connectivity index (χ1v) is 8.19. The predicted octanol–water partition coefficient (Wildman–Crippen LogP) is 0.888. The molecule has 2 aliphatic heterocycles. The van der Waals surface area contributed by atoms with Crippen molar-refractivity contribution >= 4 is 11.9 Å². The van der Waals surface area contributed by atoms with Gasteiger partial charge in [0.15, 0.2) is 6.23 Å². The van der Waals surface area contributed by atoms with Crippen LogP contribution in [-0.2, 0) is 23.7 Å². The Kier molecular flexibility index (Phi) is 5.54. The Morgan fingerprint density at radius 1 is 1.38 bits per heavy atom. The fourth-order valence-electron chi connectivity index (χ4n) is 2.93. The molecule has 0 saturated carbocycles. The first-order chi connectivity index (χ1) is 11.1. The molecule has 2 rings (SSSR count). The highest BCUT2D eigenvalue weighted by Gasteiger charge is 2.65. The number of likely N-dealkylation sites (N-methyl/N-ethyl adjacent to an activating group) is 1. The molecule has 2 fully saturated rings.